The van der Waals surface area contributed by atoms with Crippen LogP contribution in [-0.2, 0) is 13.0 Å². The summed E-state index contributed by atoms with van der Waals surface area (Å²) in [6, 6.07) is 14.1. The summed E-state index contributed by atoms with van der Waals surface area (Å²) in [4.78, 5) is 0. The molecule has 2 heteroatoms. The van der Waals surface area contributed by atoms with Crippen molar-refractivity contribution in [1.82, 2.24) is 0 Å². The number of ether oxygens (including phenoxy) is 1. The van der Waals surface area contributed by atoms with Crippen molar-refractivity contribution in [3.63, 3.8) is 0 Å². The van der Waals surface area contributed by atoms with Crippen LogP contribution in [0.1, 0.15) is 41.7 Å². The second kappa shape index (κ2) is 5.06. The molecular weight excluding hydrogens is 236 g/mol. The minimum atomic E-state index is -0.593. The van der Waals surface area contributed by atoms with Gasteiger partial charge >= 0.3 is 0 Å². The number of aliphatic hydroxyl groups excluding tert-OH is 1. The maximum absolute atomic E-state index is 10.5. The molecule has 0 radical (unpaired) electrons. The van der Waals surface area contributed by atoms with Gasteiger partial charge in [-0.05, 0) is 29.2 Å². The van der Waals surface area contributed by atoms with Gasteiger partial charge in [0.25, 0.3) is 0 Å². The Kier molecular flexibility index (Phi) is 3.26. The summed E-state index contributed by atoms with van der Waals surface area (Å²) in [6.07, 6.45) is 1.56. The normalized spacial score (nSPS) is 17.1. The molecule has 1 unspecified atom stereocenters. The van der Waals surface area contributed by atoms with E-state index in [1.807, 2.05) is 30.3 Å². The van der Waals surface area contributed by atoms with Gasteiger partial charge in [-0.3, -0.25) is 0 Å². The van der Waals surface area contributed by atoms with Crippen molar-refractivity contribution in [2.75, 3.05) is 0 Å². The van der Waals surface area contributed by atoms with E-state index >= 15 is 0 Å². The van der Waals surface area contributed by atoms with Crippen LogP contribution in [0.25, 0.3) is 0 Å². The Bertz CT molecular complexity index is 590. The van der Waals surface area contributed by atoms with Crippen molar-refractivity contribution in [3.05, 3.63) is 64.7 Å². The number of benzene rings is 2. The fourth-order valence-electron chi connectivity index (χ4n) is 2.63. The summed E-state index contributed by atoms with van der Waals surface area (Å²) < 4.78 is 5.87. The summed E-state index contributed by atoms with van der Waals surface area (Å²) in [5, 5.41) is 10.5. The van der Waals surface area contributed by atoms with Crippen molar-refractivity contribution < 1.29 is 9.84 Å². The van der Waals surface area contributed by atoms with Crippen molar-refractivity contribution in [2.24, 2.45) is 0 Å². The van der Waals surface area contributed by atoms with E-state index in [1.165, 1.54) is 5.56 Å². The van der Waals surface area contributed by atoms with Crippen LogP contribution in [0, 0.1) is 0 Å². The molecule has 2 aromatic rings. The highest BCUT2D eigenvalue weighted by molar-refractivity contribution is 5.46. The number of aryl methyl sites for hydroxylation is 1. The monoisotopic (exact) mass is 254 g/mol. The van der Waals surface area contributed by atoms with Gasteiger partial charge in [0.1, 0.15) is 18.5 Å². The van der Waals surface area contributed by atoms with Crippen molar-refractivity contribution in [1.29, 1.82) is 0 Å². The van der Waals surface area contributed by atoms with E-state index in [2.05, 4.69) is 19.1 Å². The third-order valence-corrected chi connectivity index (χ3v) is 3.64. The highest BCUT2D eigenvalue weighted by atomic mass is 16.5. The maximum atomic E-state index is 10.5. The second-order valence-corrected chi connectivity index (χ2v) is 5.01. The SMILES string of the molecule is CCCc1ccc2c(c1)OCc1ccccc1C2O. The first-order valence-corrected chi connectivity index (χ1v) is 6.81. The Labute approximate surface area is 113 Å². The zero-order valence-corrected chi connectivity index (χ0v) is 11.1. The van der Waals surface area contributed by atoms with Gasteiger partial charge in [0.05, 0.1) is 0 Å². The van der Waals surface area contributed by atoms with Crippen LogP contribution in [-0.4, -0.2) is 5.11 Å². The predicted molar refractivity (Wildman–Crippen MR) is 75.3 cm³/mol. The van der Waals surface area contributed by atoms with Crippen LogP contribution in [0.5, 0.6) is 5.75 Å². The van der Waals surface area contributed by atoms with Gasteiger partial charge in [-0.25, -0.2) is 0 Å². The molecule has 1 aliphatic rings. The van der Waals surface area contributed by atoms with Gasteiger partial charge < -0.3 is 9.84 Å². The van der Waals surface area contributed by atoms with Gasteiger partial charge in [-0.15, -0.1) is 0 Å². The molecule has 3 rings (SSSR count). The van der Waals surface area contributed by atoms with Gasteiger partial charge in [0, 0.05) is 5.56 Å². The van der Waals surface area contributed by atoms with E-state index in [4.69, 9.17) is 4.74 Å². The molecule has 0 saturated carbocycles. The molecule has 1 aliphatic heterocycles. The summed E-state index contributed by atoms with van der Waals surface area (Å²) in [6.45, 7) is 2.69. The first-order chi connectivity index (χ1) is 9.29. The molecule has 0 bridgehead atoms. The van der Waals surface area contributed by atoms with Gasteiger partial charge in [-0.1, -0.05) is 49.7 Å². The first kappa shape index (κ1) is 12.2. The maximum Gasteiger partial charge on any atom is 0.126 e. The van der Waals surface area contributed by atoms with E-state index in [-0.39, 0.29) is 0 Å². The van der Waals surface area contributed by atoms with E-state index < -0.39 is 6.10 Å². The molecule has 0 amide bonds. The van der Waals surface area contributed by atoms with Crippen LogP contribution in [0.2, 0.25) is 0 Å². The third-order valence-electron chi connectivity index (χ3n) is 3.64. The van der Waals surface area contributed by atoms with E-state index in [1.54, 1.807) is 0 Å². The fraction of sp³-hybridized carbons (Fsp3) is 0.294. The summed E-state index contributed by atoms with van der Waals surface area (Å²) in [5.74, 6) is 0.814. The average Bonchev–Trinajstić information content (AvgIpc) is 2.58. The van der Waals surface area contributed by atoms with Crippen molar-refractivity contribution >= 4 is 0 Å². The molecule has 0 fully saturated rings. The number of hydrogen-bond acceptors (Lipinski definition) is 2. The number of aliphatic hydroxyl groups is 1. The predicted octanol–water partition coefficient (Wildman–Crippen LogP) is 3.61. The largest absolute Gasteiger partial charge is 0.488 e. The molecule has 1 atom stereocenters. The van der Waals surface area contributed by atoms with Crippen molar-refractivity contribution in [2.45, 2.75) is 32.5 Å². The van der Waals surface area contributed by atoms with E-state index in [0.29, 0.717) is 6.61 Å². The van der Waals surface area contributed by atoms with Crippen LogP contribution in [0.15, 0.2) is 42.5 Å². The summed E-state index contributed by atoms with van der Waals surface area (Å²) in [5.41, 5.74) is 4.14. The van der Waals surface area contributed by atoms with Gasteiger partial charge in [0.2, 0.25) is 0 Å². The standard InChI is InChI=1S/C17H18O2/c1-2-5-12-8-9-15-16(10-12)19-11-13-6-3-4-7-14(13)17(15)18/h3-4,6-10,17-18H,2,5,11H2,1H3. The molecule has 19 heavy (non-hydrogen) atoms. The molecular formula is C17H18O2. The molecule has 2 nitrogen and oxygen atoms in total. The van der Waals surface area contributed by atoms with Crippen LogP contribution in [0.4, 0.5) is 0 Å². The lowest BCUT2D eigenvalue weighted by molar-refractivity contribution is 0.218. The molecule has 0 aliphatic carbocycles. The second-order valence-electron chi connectivity index (χ2n) is 5.01. The Balaban J connectivity index is 2.04. The highest BCUT2D eigenvalue weighted by Crippen LogP contribution is 2.36. The third kappa shape index (κ3) is 2.24. The molecule has 1 N–H and O–H groups in total. The van der Waals surface area contributed by atoms with E-state index in [9.17, 15) is 5.11 Å². The first-order valence-electron chi connectivity index (χ1n) is 6.81. The topological polar surface area (TPSA) is 29.5 Å². The Hall–Kier alpha value is -1.80. The van der Waals surface area contributed by atoms with Gasteiger partial charge in [0.15, 0.2) is 0 Å². The smallest absolute Gasteiger partial charge is 0.126 e. The Morgan fingerprint density at radius 3 is 2.84 bits per heavy atom. The molecule has 2 aromatic carbocycles. The average molecular weight is 254 g/mol. The van der Waals surface area contributed by atoms with Crippen LogP contribution >= 0.6 is 0 Å². The Morgan fingerprint density at radius 1 is 1.16 bits per heavy atom. The molecule has 0 aromatic heterocycles. The number of rotatable bonds is 2. The number of hydrogen-bond donors (Lipinski definition) is 1. The minimum Gasteiger partial charge on any atom is -0.488 e. The minimum absolute atomic E-state index is 0.524. The van der Waals surface area contributed by atoms with E-state index in [0.717, 1.165) is 35.3 Å². The van der Waals surface area contributed by atoms with Crippen LogP contribution in [0.3, 0.4) is 0 Å². The highest BCUT2D eigenvalue weighted by Gasteiger charge is 2.22. The lowest BCUT2D eigenvalue weighted by atomic mass is 9.96. The Morgan fingerprint density at radius 2 is 2.00 bits per heavy atom. The molecule has 0 spiro atoms. The molecule has 98 valence electrons. The lowest BCUT2D eigenvalue weighted by Crippen LogP contribution is -2.01. The molecule has 0 saturated heterocycles. The summed E-state index contributed by atoms with van der Waals surface area (Å²) >= 11 is 0. The number of fused-ring (bicyclic) bond motifs is 2. The fourth-order valence-corrected chi connectivity index (χ4v) is 2.63. The van der Waals surface area contributed by atoms with Gasteiger partial charge in [-0.2, -0.15) is 0 Å². The quantitative estimate of drug-likeness (QED) is 0.887. The summed E-state index contributed by atoms with van der Waals surface area (Å²) in [7, 11) is 0. The van der Waals surface area contributed by atoms with Crippen molar-refractivity contribution in [3.8, 4) is 5.75 Å². The zero-order valence-electron chi connectivity index (χ0n) is 11.1. The lowest BCUT2D eigenvalue weighted by Gasteiger charge is -2.13. The zero-order chi connectivity index (χ0) is 13.2. The van der Waals surface area contributed by atoms with Crippen LogP contribution < -0.4 is 4.74 Å². The molecule has 1 heterocycles.